The van der Waals surface area contributed by atoms with Crippen LogP contribution >= 0.6 is 0 Å². The number of nitrogens with zero attached hydrogens (tertiary/aromatic N) is 1. The summed E-state index contributed by atoms with van der Waals surface area (Å²) in [6.45, 7) is 5.87. The smallest absolute Gasteiger partial charge is 0.0107 e. The lowest BCUT2D eigenvalue weighted by Crippen LogP contribution is -2.30. The van der Waals surface area contributed by atoms with Crippen LogP contribution in [0.1, 0.15) is 29.9 Å². The van der Waals surface area contributed by atoms with E-state index in [1.807, 2.05) is 0 Å². The summed E-state index contributed by atoms with van der Waals surface area (Å²) >= 11 is 0. The van der Waals surface area contributed by atoms with Crippen LogP contribution in [0.2, 0.25) is 0 Å². The van der Waals surface area contributed by atoms with Crippen LogP contribution in [0.15, 0.2) is 60.7 Å². The summed E-state index contributed by atoms with van der Waals surface area (Å²) in [7, 11) is 0. The molecule has 0 radical (unpaired) electrons. The third-order valence-electron chi connectivity index (χ3n) is 4.57. The van der Waals surface area contributed by atoms with Gasteiger partial charge < -0.3 is 10.2 Å². The summed E-state index contributed by atoms with van der Waals surface area (Å²) in [4.78, 5) is 2.61. The number of nitrogens with one attached hydrogen (secondary N) is 1. The van der Waals surface area contributed by atoms with Crippen LogP contribution in [0.25, 0.3) is 0 Å². The molecule has 0 unspecified atom stereocenters. The monoisotopic (exact) mass is 294 g/mol. The molecule has 0 saturated carbocycles. The lowest BCUT2D eigenvalue weighted by Gasteiger charge is -2.24. The molecular weight excluding hydrogens is 268 g/mol. The number of hydrogen-bond donors (Lipinski definition) is 1. The van der Waals surface area contributed by atoms with E-state index in [9.17, 15) is 0 Å². The summed E-state index contributed by atoms with van der Waals surface area (Å²) in [5.74, 6) is 0.499. The first kappa shape index (κ1) is 15.3. The zero-order chi connectivity index (χ0) is 15.0. The quantitative estimate of drug-likeness (QED) is 0.908. The highest BCUT2D eigenvalue weighted by atomic mass is 15.1. The zero-order valence-corrected chi connectivity index (χ0v) is 13.2. The van der Waals surface area contributed by atoms with Gasteiger partial charge in [0.05, 0.1) is 0 Å². The first-order valence-electron chi connectivity index (χ1n) is 8.46. The van der Waals surface area contributed by atoms with Crippen molar-refractivity contribution in [3.8, 4) is 0 Å². The first-order valence-corrected chi connectivity index (χ1v) is 8.46. The second-order valence-corrected chi connectivity index (χ2v) is 6.11. The van der Waals surface area contributed by atoms with Crippen molar-refractivity contribution in [1.82, 2.24) is 10.2 Å². The van der Waals surface area contributed by atoms with E-state index in [1.165, 1.54) is 43.6 Å². The van der Waals surface area contributed by atoms with E-state index < -0.39 is 0 Å². The summed E-state index contributed by atoms with van der Waals surface area (Å²) in [6, 6.07) is 21.9. The maximum Gasteiger partial charge on any atom is 0.0107 e. The number of benzene rings is 2. The van der Waals surface area contributed by atoms with E-state index in [-0.39, 0.29) is 0 Å². The molecule has 1 saturated heterocycles. The molecule has 0 spiro atoms. The SMILES string of the molecule is c1ccc(C(CCN2CCCNCC2)c2ccccc2)cc1. The molecular formula is C20H26N2. The van der Waals surface area contributed by atoms with Gasteiger partial charge in [0.15, 0.2) is 0 Å². The lowest BCUT2D eigenvalue weighted by molar-refractivity contribution is 0.284. The van der Waals surface area contributed by atoms with Gasteiger partial charge in [0.1, 0.15) is 0 Å². The molecule has 1 heterocycles. The summed E-state index contributed by atoms with van der Waals surface area (Å²) in [6.07, 6.45) is 2.45. The standard InChI is InChI=1S/C20H26N2/c1-3-8-18(9-4-1)20(19-10-5-2-6-11-19)12-16-22-15-7-13-21-14-17-22/h1-6,8-11,20-21H,7,12-17H2. The van der Waals surface area contributed by atoms with E-state index in [0.717, 1.165) is 13.1 Å². The Labute approximate surface area is 134 Å². The van der Waals surface area contributed by atoms with Gasteiger partial charge in [-0.15, -0.1) is 0 Å². The minimum absolute atomic E-state index is 0.499. The highest BCUT2D eigenvalue weighted by Gasteiger charge is 2.16. The highest BCUT2D eigenvalue weighted by Crippen LogP contribution is 2.28. The van der Waals surface area contributed by atoms with Crippen molar-refractivity contribution in [2.24, 2.45) is 0 Å². The second-order valence-electron chi connectivity index (χ2n) is 6.11. The zero-order valence-electron chi connectivity index (χ0n) is 13.2. The van der Waals surface area contributed by atoms with Gasteiger partial charge >= 0.3 is 0 Å². The molecule has 0 aromatic heterocycles. The molecule has 2 aromatic carbocycles. The predicted molar refractivity (Wildman–Crippen MR) is 93.3 cm³/mol. The van der Waals surface area contributed by atoms with Crippen molar-refractivity contribution in [1.29, 1.82) is 0 Å². The Balaban J connectivity index is 1.71. The van der Waals surface area contributed by atoms with E-state index in [0.29, 0.717) is 5.92 Å². The Morgan fingerprint density at radius 1 is 0.818 bits per heavy atom. The Hall–Kier alpha value is -1.64. The number of hydrogen-bond acceptors (Lipinski definition) is 2. The average Bonchev–Trinajstić information content (AvgIpc) is 2.86. The molecule has 0 atom stereocenters. The van der Waals surface area contributed by atoms with Crippen LogP contribution in [0.5, 0.6) is 0 Å². The lowest BCUT2D eigenvalue weighted by atomic mass is 9.88. The average molecular weight is 294 g/mol. The van der Waals surface area contributed by atoms with Gasteiger partial charge in [-0.3, -0.25) is 0 Å². The molecule has 1 aliphatic heterocycles. The fourth-order valence-electron chi connectivity index (χ4n) is 3.33. The molecule has 116 valence electrons. The van der Waals surface area contributed by atoms with Gasteiger partial charge in [-0.25, -0.2) is 0 Å². The van der Waals surface area contributed by atoms with Crippen LogP contribution in [0, 0.1) is 0 Å². The van der Waals surface area contributed by atoms with Crippen LogP contribution in [0.4, 0.5) is 0 Å². The van der Waals surface area contributed by atoms with Gasteiger partial charge in [-0.2, -0.15) is 0 Å². The van der Waals surface area contributed by atoms with Crippen molar-refractivity contribution >= 4 is 0 Å². The Morgan fingerprint density at radius 2 is 1.45 bits per heavy atom. The molecule has 1 fully saturated rings. The first-order chi connectivity index (χ1) is 10.9. The highest BCUT2D eigenvalue weighted by molar-refractivity contribution is 5.32. The third-order valence-corrected chi connectivity index (χ3v) is 4.57. The molecule has 0 amide bonds. The van der Waals surface area contributed by atoms with Gasteiger partial charge in [0.25, 0.3) is 0 Å². The third kappa shape index (κ3) is 4.19. The van der Waals surface area contributed by atoms with Gasteiger partial charge in [0.2, 0.25) is 0 Å². The Kier molecular flexibility index (Phi) is 5.63. The maximum absolute atomic E-state index is 3.49. The van der Waals surface area contributed by atoms with E-state index >= 15 is 0 Å². The normalized spacial score (nSPS) is 16.6. The minimum atomic E-state index is 0.499. The van der Waals surface area contributed by atoms with Crippen molar-refractivity contribution in [3.63, 3.8) is 0 Å². The topological polar surface area (TPSA) is 15.3 Å². The Bertz CT molecular complexity index is 491. The molecule has 0 aliphatic carbocycles. The fourth-order valence-corrected chi connectivity index (χ4v) is 3.33. The van der Waals surface area contributed by atoms with E-state index in [2.05, 4.69) is 70.9 Å². The van der Waals surface area contributed by atoms with Crippen LogP contribution in [0.3, 0.4) is 0 Å². The summed E-state index contributed by atoms with van der Waals surface area (Å²) < 4.78 is 0. The van der Waals surface area contributed by atoms with Crippen molar-refractivity contribution < 1.29 is 0 Å². The van der Waals surface area contributed by atoms with Gasteiger partial charge in [-0.05, 0) is 43.6 Å². The minimum Gasteiger partial charge on any atom is -0.315 e. The van der Waals surface area contributed by atoms with Crippen molar-refractivity contribution in [2.45, 2.75) is 18.8 Å². The molecule has 1 aliphatic rings. The van der Waals surface area contributed by atoms with Crippen LogP contribution in [-0.2, 0) is 0 Å². The van der Waals surface area contributed by atoms with Crippen LogP contribution in [-0.4, -0.2) is 37.6 Å². The van der Waals surface area contributed by atoms with Gasteiger partial charge in [-0.1, -0.05) is 60.7 Å². The predicted octanol–water partition coefficient (Wildman–Crippen LogP) is 3.50. The molecule has 0 bridgehead atoms. The van der Waals surface area contributed by atoms with Gasteiger partial charge in [0, 0.05) is 19.0 Å². The maximum atomic E-state index is 3.49. The summed E-state index contributed by atoms with van der Waals surface area (Å²) in [5, 5.41) is 3.49. The largest absolute Gasteiger partial charge is 0.315 e. The number of rotatable bonds is 5. The summed E-state index contributed by atoms with van der Waals surface area (Å²) in [5.41, 5.74) is 2.86. The van der Waals surface area contributed by atoms with Crippen molar-refractivity contribution in [3.05, 3.63) is 71.8 Å². The molecule has 2 aromatic rings. The second kappa shape index (κ2) is 8.11. The molecule has 2 nitrogen and oxygen atoms in total. The fraction of sp³-hybridized carbons (Fsp3) is 0.400. The molecule has 2 heteroatoms. The van der Waals surface area contributed by atoms with Crippen molar-refractivity contribution in [2.75, 3.05) is 32.7 Å². The van der Waals surface area contributed by atoms with E-state index in [4.69, 9.17) is 0 Å². The molecule has 22 heavy (non-hydrogen) atoms. The van der Waals surface area contributed by atoms with E-state index in [1.54, 1.807) is 0 Å². The molecule has 1 N–H and O–H groups in total. The van der Waals surface area contributed by atoms with Crippen LogP contribution < -0.4 is 5.32 Å². The Morgan fingerprint density at radius 3 is 2.09 bits per heavy atom. The molecule has 3 rings (SSSR count).